The van der Waals surface area contributed by atoms with Crippen LogP contribution in [-0.2, 0) is 13.0 Å². The summed E-state index contributed by atoms with van der Waals surface area (Å²) in [7, 11) is 1.46. The Hall–Kier alpha value is -1.35. The van der Waals surface area contributed by atoms with E-state index in [2.05, 4.69) is 33.1 Å². The molecule has 2 aromatic rings. The van der Waals surface area contributed by atoms with Crippen LogP contribution in [0.15, 0.2) is 40.7 Å². The quantitative estimate of drug-likeness (QED) is 0.373. The van der Waals surface area contributed by atoms with Crippen LogP contribution in [0.4, 0.5) is 4.39 Å². The van der Waals surface area contributed by atoms with Crippen molar-refractivity contribution in [1.82, 2.24) is 10.6 Å². The summed E-state index contributed by atoms with van der Waals surface area (Å²) in [6.45, 7) is 4.02. The van der Waals surface area contributed by atoms with Crippen LogP contribution in [0.25, 0.3) is 0 Å². The normalized spacial score (nSPS) is 10.9. The number of halogens is 2. The molecule has 2 N–H and O–H groups in total. The third-order valence-corrected chi connectivity index (χ3v) is 4.16. The lowest BCUT2D eigenvalue weighted by Gasteiger charge is -2.11. The first-order valence-electron chi connectivity index (χ1n) is 7.60. The van der Waals surface area contributed by atoms with Gasteiger partial charge in [0.1, 0.15) is 0 Å². The maximum absolute atomic E-state index is 13.7. The highest BCUT2D eigenvalue weighted by atomic mass is 127. The Balaban J connectivity index is 0.00000288. The van der Waals surface area contributed by atoms with E-state index in [0.717, 1.165) is 31.0 Å². The van der Waals surface area contributed by atoms with Crippen molar-refractivity contribution in [3.63, 3.8) is 0 Å². The topological polar surface area (TPSA) is 45.7 Å². The maximum atomic E-state index is 13.7. The fourth-order valence-corrected chi connectivity index (χ4v) is 2.79. The summed E-state index contributed by atoms with van der Waals surface area (Å²) in [5.41, 5.74) is 0.804. The van der Waals surface area contributed by atoms with E-state index in [-0.39, 0.29) is 35.5 Å². The number of ether oxygens (including phenoxy) is 1. The smallest absolute Gasteiger partial charge is 0.191 e. The second kappa shape index (κ2) is 11.2. The minimum atomic E-state index is -0.365. The van der Waals surface area contributed by atoms with Gasteiger partial charge in [-0.1, -0.05) is 12.1 Å². The van der Waals surface area contributed by atoms with Crippen LogP contribution in [-0.4, -0.2) is 26.2 Å². The highest BCUT2D eigenvalue weighted by molar-refractivity contribution is 14.0. The molecular formula is C17H23FIN3OS. The molecule has 0 aliphatic heterocycles. The zero-order valence-electron chi connectivity index (χ0n) is 13.8. The van der Waals surface area contributed by atoms with Crippen molar-refractivity contribution in [2.24, 2.45) is 4.99 Å². The van der Waals surface area contributed by atoms with Crippen molar-refractivity contribution in [3.8, 4) is 5.75 Å². The SMILES string of the molecule is CCNC(=NCc1ccc(OC)c(F)c1)NCCc1cccs1.I. The molecule has 0 saturated carbocycles. The molecule has 4 nitrogen and oxygen atoms in total. The fourth-order valence-electron chi connectivity index (χ4n) is 2.08. The third-order valence-electron chi connectivity index (χ3n) is 3.22. The van der Waals surface area contributed by atoms with Gasteiger partial charge in [0, 0.05) is 18.0 Å². The number of methoxy groups -OCH3 is 1. The van der Waals surface area contributed by atoms with Gasteiger partial charge in [0.15, 0.2) is 17.5 Å². The van der Waals surface area contributed by atoms with E-state index in [9.17, 15) is 4.39 Å². The summed E-state index contributed by atoms with van der Waals surface area (Å²) in [5, 5.41) is 8.56. The number of rotatable bonds is 7. The first-order valence-corrected chi connectivity index (χ1v) is 8.48. The monoisotopic (exact) mass is 463 g/mol. The van der Waals surface area contributed by atoms with Gasteiger partial charge < -0.3 is 15.4 Å². The largest absolute Gasteiger partial charge is 0.494 e. The molecule has 7 heteroatoms. The molecule has 0 saturated heterocycles. The average Bonchev–Trinajstić information content (AvgIpc) is 3.06. The second-order valence-electron chi connectivity index (χ2n) is 4.92. The van der Waals surface area contributed by atoms with E-state index in [1.165, 1.54) is 18.1 Å². The van der Waals surface area contributed by atoms with Crippen molar-refractivity contribution in [1.29, 1.82) is 0 Å². The molecule has 0 unspecified atom stereocenters. The first kappa shape index (κ1) is 20.7. The molecule has 0 fully saturated rings. The predicted molar refractivity (Wildman–Crippen MR) is 109 cm³/mol. The maximum Gasteiger partial charge on any atom is 0.191 e. The minimum absolute atomic E-state index is 0. The number of benzene rings is 1. The summed E-state index contributed by atoms with van der Waals surface area (Å²) >= 11 is 1.75. The number of aliphatic imine (C=N–C) groups is 1. The molecule has 0 radical (unpaired) electrons. The summed E-state index contributed by atoms with van der Waals surface area (Å²) in [6.07, 6.45) is 0.958. The van der Waals surface area contributed by atoms with Crippen molar-refractivity contribution in [2.45, 2.75) is 19.9 Å². The van der Waals surface area contributed by atoms with E-state index in [4.69, 9.17) is 4.74 Å². The van der Waals surface area contributed by atoms with Crippen LogP contribution in [0.5, 0.6) is 5.75 Å². The Morgan fingerprint density at radius 3 is 2.75 bits per heavy atom. The predicted octanol–water partition coefficient (Wildman–Crippen LogP) is 3.81. The van der Waals surface area contributed by atoms with Crippen LogP contribution in [0.3, 0.4) is 0 Å². The lowest BCUT2D eigenvalue weighted by Crippen LogP contribution is -2.38. The molecule has 0 aliphatic rings. The van der Waals surface area contributed by atoms with Gasteiger partial charge in [0.25, 0.3) is 0 Å². The highest BCUT2D eigenvalue weighted by Crippen LogP contribution is 2.18. The molecule has 0 aliphatic carbocycles. The molecule has 0 bridgehead atoms. The molecule has 1 heterocycles. The molecular weight excluding hydrogens is 440 g/mol. The van der Waals surface area contributed by atoms with Gasteiger partial charge in [0.2, 0.25) is 0 Å². The number of hydrogen-bond donors (Lipinski definition) is 2. The van der Waals surface area contributed by atoms with Crippen LogP contribution in [0.2, 0.25) is 0 Å². The Bertz CT molecular complexity index is 635. The molecule has 24 heavy (non-hydrogen) atoms. The summed E-state index contributed by atoms with van der Waals surface area (Å²) < 4.78 is 18.6. The van der Waals surface area contributed by atoms with Crippen molar-refractivity contribution in [3.05, 3.63) is 52.0 Å². The zero-order chi connectivity index (χ0) is 16.5. The zero-order valence-corrected chi connectivity index (χ0v) is 17.0. The van der Waals surface area contributed by atoms with E-state index in [1.807, 2.05) is 13.0 Å². The van der Waals surface area contributed by atoms with Gasteiger partial charge in [-0.15, -0.1) is 35.3 Å². The van der Waals surface area contributed by atoms with Gasteiger partial charge in [-0.05, 0) is 42.5 Å². The van der Waals surface area contributed by atoms with Crippen molar-refractivity contribution >= 4 is 41.3 Å². The Morgan fingerprint density at radius 1 is 1.29 bits per heavy atom. The summed E-state index contributed by atoms with van der Waals surface area (Å²) in [5.74, 6) is 0.620. The van der Waals surface area contributed by atoms with Crippen LogP contribution >= 0.6 is 35.3 Å². The van der Waals surface area contributed by atoms with Gasteiger partial charge in [-0.2, -0.15) is 0 Å². The second-order valence-corrected chi connectivity index (χ2v) is 5.95. The number of guanidine groups is 1. The molecule has 132 valence electrons. The van der Waals surface area contributed by atoms with Gasteiger partial charge in [0.05, 0.1) is 13.7 Å². The molecule has 1 aromatic heterocycles. The van der Waals surface area contributed by atoms with Crippen LogP contribution < -0.4 is 15.4 Å². The van der Waals surface area contributed by atoms with Crippen LogP contribution in [0.1, 0.15) is 17.4 Å². The molecule has 0 atom stereocenters. The highest BCUT2D eigenvalue weighted by Gasteiger charge is 2.04. The number of nitrogens with one attached hydrogen (secondary N) is 2. The lowest BCUT2D eigenvalue weighted by molar-refractivity contribution is 0.386. The Labute approximate surface area is 163 Å². The third kappa shape index (κ3) is 6.64. The fraction of sp³-hybridized carbons (Fsp3) is 0.353. The van der Waals surface area contributed by atoms with Gasteiger partial charge >= 0.3 is 0 Å². The summed E-state index contributed by atoms with van der Waals surface area (Å²) in [6, 6.07) is 9.07. The minimum Gasteiger partial charge on any atom is -0.494 e. The number of thiophene rings is 1. The van der Waals surface area contributed by atoms with Gasteiger partial charge in [-0.3, -0.25) is 0 Å². The molecule has 1 aromatic carbocycles. The van der Waals surface area contributed by atoms with Gasteiger partial charge in [-0.25, -0.2) is 9.38 Å². The van der Waals surface area contributed by atoms with Crippen molar-refractivity contribution < 1.29 is 9.13 Å². The van der Waals surface area contributed by atoms with E-state index < -0.39 is 0 Å². The van der Waals surface area contributed by atoms with Crippen LogP contribution in [0, 0.1) is 5.82 Å². The van der Waals surface area contributed by atoms with E-state index >= 15 is 0 Å². The summed E-state index contributed by atoms with van der Waals surface area (Å²) in [4.78, 5) is 5.83. The lowest BCUT2D eigenvalue weighted by atomic mass is 10.2. The molecule has 0 amide bonds. The number of nitrogens with zero attached hydrogens (tertiary/aromatic N) is 1. The van der Waals surface area contributed by atoms with E-state index in [1.54, 1.807) is 17.4 Å². The van der Waals surface area contributed by atoms with E-state index in [0.29, 0.717) is 6.54 Å². The molecule has 0 spiro atoms. The standard InChI is InChI=1S/C17H22FN3OS.HI/c1-3-19-17(20-9-8-14-5-4-10-23-14)21-12-13-6-7-16(22-2)15(18)11-13;/h4-7,10-11H,3,8-9,12H2,1-2H3,(H2,19,20,21);1H. The van der Waals surface area contributed by atoms with Crippen molar-refractivity contribution in [2.75, 3.05) is 20.2 Å². The average molecular weight is 463 g/mol. The Kier molecular flexibility index (Phi) is 9.70. The first-order chi connectivity index (χ1) is 11.2. The number of hydrogen-bond acceptors (Lipinski definition) is 3. The Morgan fingerprint density at radius 2 is 2.12 bits per heavy atom. The molecule has 2 rings (SSSR count).